The lowest BCUT2D eigenvalue weighted by atomic mass is 10.1. The fraction of sp³-hybridized carbons (Fsp3) is 0.125. The summed E-state index contributed by atoms with van der Waals surface area (Å²) < 4.78 is 0. The maximum absolute atomic E-state index is 9.64. The molecule has 20 heavy (non-hydrogen) atoms. The van der Waals surface area contributed by atoms with Crippen molar-refractivity contribution in [3.63, 3.8) is 0 Å². The summed E-state index contributed by atoms with van der Waals surface area (Å²) in [5, 5.41) is 14.9. The molecule has 2 aromatic heterocycles. The Labute approximate surface area is 117 Å². The molecule has 0 aliphatic heterocycles. The zero-order valence-corrected chi connectivity index (χ0v) is 11.1. The summed E-state index contributed by atoms with van der Waals surface area (Å²) >= 11 is 0. The van der Waals surface area contributed by atoms with E-state index in [0.717, 1.165) is 22.3 Å². The van der Waals surface area contributed by atoms with Crippen LogP contribution in [-0.4, -0.2) is 15.1 Å². The van der Waals surface area contributed by atoms with Crippen LogP contribution < -0.4 is 5.32 Å². The summed E-state index contributed by atoms with van der Waals surface area (Å²) in [5.41, 5.74) is 0.950. The van der Waals surface area contributed by atoms with Crippen LogP contribution in [0.15, 0.2) is 54.9 Å². The van der Waals surface area contributed by atoms with Gasteiger partial charge >= 0.3 is 0 Å². The van der Waals surface area contributed by atoms with Crippen LogP contribution in [0.2, 0.25) is 0 Å². The molecule has 0 radical (unpaired) electrons. The number of phenols is 1. The second-order valence-electron chi connectivity index (χ2n) is 4.69. The quantitative estimate of drug-likeness (QED) is 0.761. The summed E-state index contributed by atoms with van der Waals surface area (Å²) in [6, 6.07) is 13.1. The number of nitrogens with zero attached hydrogens (tertiary/aromatic N) is 2. The van der Waals surface area contributed by atoms with Gasteiger partial charge in [-0.25, -0.2) is 4.98 Å². The average Bonchev–Trinajstić information content (AvgIpc) is 2.49. The maximum Gasteiger partial charge on any atom is 0.134 e. The van der Waals surface area contributed by atoms with Gasteiger partial charge in [-0.05, 0) is 42.6 Å². The third kappa shape index (κ3) is 2.40. The number of aromatic hydroxyl groups is 1. The van der Waals surface area contributed by atoms with Gasteiger partial charge in [-0.3, -0.25) is 4.98 Å². The lowest BCUT2D eigenvalue weighted by molar-refractivity contribution is 0.476. The molecule has 0 aliphatic rings. The molecule has 100 valence electrons. The lowest BCUT2D eigenvalue weighted by Crippen LogP contribution is -2.09. The van der Waals surface area contributed by atoms with Crippen molar-refractivity contribution < 1.29 is 5.11 Å². The smallest absolute Gasteiger partial charge is 0.134 e. The minimum atomic E-state index is 0.0386. The number of hydrogen-bond donors (Lipinski definition) is 2. The van der Waals surface area contributed by atoms with Gasteiger partial charge in [-0.1, -0.05) is 12.1 Å². The SMILES string of the molecule is CC(Nc1nccc2ccc(O)cc12)c1ccccn1. The zero-order valence-electron chi connectivity index (χ0n) is 11.1. The van der Waals surface area contributed by atoms with Crippen molar-refractivity contribution >= 4 is 16.6 Å². The first-order valence-corrected chi connectivity index (χ1v) is 6.49. The molecule has 2 heterocycles. The van der Waals surface area contributed by atoms with E-state index < -0.39 is 0 Å². The molecule has 0 spiro atoms. The van der Waals surface area contributed by atoms with Gasteiger partial charge < -0.3 is 10.4 Å². The zero-order chi connectivity index (χ0) is 13.9. The lowest BCUT2D eigenvalue weighted by Gasteiger charge is -2.15. The van der Waals surface area contributed by atoms with Gasteiger partial charge in [0.1, 0.15) is 11.6 Å². The number of benzene rings is 1. The second-order valence-corrected chi connectivity index (χ2v) is 4.69. The van der Waals surface area contributed by atoms with E-state index in [1.54, 1.807) is 24.5 Å². The minimum Gasteiger partial charge on any atom is -0.508 e. The van der Waals surface area contributed by atoms with E-state index >= 15 is 0 Å². The fourth-order valence-corrected chi connectivity index (χ4v) is 2.18. The van der Waals surface area contributed by atoms with Crippen LogP contribution in [-0.2, 0) is 0 Å². The first-order chi connectivity index (χ1) is 9.74. The Morgan fingerprint density at radius 3 is 2.75 bits per heavy atom. The Balaban J connectivity index is 1.97. The highest BCUT2D eigenvalue weighted by Gasteiger charge is 2.09. The van der Waals surface area contributed by atoms with E-state index in [1.165, 1.54) is 0 Å². The van der Waals surface area contributed by atoms with E-state index in [-0.39, 0.29) is 11.8 Å². The standard InChI is InChI=1S/C16H15N3O/c1-11(15-4-2-3-8-17-15)19-16-14-10-13(20)6-5-12(14)7-9-18-16/h2-11,20H,1H3,(H,18,19). The number of hydrogen-bond acceptors (Lipinski definition) is 4. The third-order valence-electron chi connectivity index (χ3n) is 3.23. The van der Waals surface area contributed by atoms with Gasteiger partial charge in [-0.15, -0.1) is 0 Å². The topological polar surface area (TPSA) is 58.0 Å². The number of pyridine rings is 2. The van der Waals surface area contributed by atoms with Crippen molar-refractivity contribution in [2.24, 2.45) is 0 Å². The summed E-state index contributed by atoms with van der Waals surface area (Å²) in [6.07, 6.45) is 3.53. The van der Waals surface area contributed by atoms with Crippen LogP contribution >= 0.6 is 0 Å². The highest BCUT2D eigenvalue weighted by atomic mass is 16.3. The van der Waals surface area contributed by atoms with Gasteiger partial charge in [0.2, 0.25) is 0 Å². The molecule has 3 aromatic rings. The van der Waals surface area contributed by atoms with E-state index in [0.29, 0.717) is 0 Å². The number of nitrogens with one attached hydrogen (secondary N) is 1. The number of fused-ring (bicyclic) bond motifs is 1. The Hall–Kier alpha value is -2.62. The minimum absolute atomic E-state index is 0.0386. The van der Waals surface area contributed by atoms with Gasteiger partial charge in [0.15, 0.2) is 0 Å². The van der Waals surface area contributed by atoms with Crippen LogP contribution in [0.25, 0.3) is 10.8 Å². The van der Waals surface area contributed by atoms with Crippen molar-refractivity contribution in [1.82, 2.24) is 9.97 Å². The van der Waals surface area contributed by atoms with Gasteiger partial charge in [0.05, 0.1) is 11.7 Å². The predicted molar refractivity (Wildman–Crippen MR) is 79.7 cm³/mol. The highest BCUT2D eigenvalue weighted by Crippen LogP contribution is 2.27. The first kappa shape index (κ1) is 12.4. The number of aromatic nitrogens is 2. The van der Waals surface area contributed by atoms with Crippen molar-refractivity contribution in [3.05, 3.63) is 60.6 Å². The van der Waals surface area contributed by atoms with E-state index in [1.807, 2.05) is 37.3 Å². The van der Waals surface area contributed by atoms with Crippen molar-refractivity contribution in [2.45, 2.75) is 13.0 Å². The van der Waals surface area contributed by atoms with Gasteiger partial charge in [-0.2, -0.15) is 0 Å². The van der Waals surface area contributed by atoms with E-state index in [4.69, 9.17) is 0 Å². The van der Waals surface area contributed by atoms with Crippen LogP contribution in [0.5, 0.6) is 5.75 Å². The van der Waals surface area contributed by atoms with E-state index in [9.17, 15) is 5.11 Å². The molecule has 1 aromatic carbocycles. The van der Waals surface area contributed by atoms with Crippen LogP contribution in [0.1, 0.15) is 18.7 Å². The highest BCUT2D eigenvalue weighted by molar-refractivity contribution is 5.92. The summed E-state index contributed by atoms with van der Waals surface area (Å²) in [4.78, 5) is 8.70. The number of rotatable bonds is 3. The van der Waals surface area contributed by atoms with Crippen molar-refractivity contribution in [2.75, 3.05) is 5.32 Å². The Morgan fingerprint density at radius 2 is 1.95 bits per heavy atom. The molecule has 1 unspecified atom stereocenters. The summed E-state index contributed by atoms with van der Waals surface area (Å²) in [6.45, 7) is 2.03. The van der Waals surface area contributed by atoms with Gasteiger partial charge in [0.25, 0.3) is 0 Å². The molecule has 0 aliphatic carbocycles. The van der Waals surface area contributed by atoms with Crippen LogP contribution in [0, 0.1) is 0 Å². The van der Waals surface area contributed by atoms with Crippen LogP contribution in [0.4, 0.5) is 5.82 Å². The van der Waals surface area contributed by atoms with Gasteiger partial charge in [0, 0.05) is 17.8 Å². The molecule has 0 bridgehead atoms. The Bertz CT molecular complexity index is 728. The molecule has 0 saturated carbocycles. The van der Waals surface area contributed by atoms with E-state index in [2.05, 4.69) is 15.3 Å². The van der Waals surface area contributed by atoms with Crippen molar-refractivity contribution in [1.29, 1.82) is 0 Å². The monoisotopic (exact) mass is 265 g/mol. The fourth-order valence-electron chi connectivity index (χ4n) is 2.18. The molecular formula is C16H15N3O. The molecule has 2 N–H and O–H groups in total. The van der Waals surface area contributed by atoms with Crippen molar-refractivity contribution in [3.8, 4) is 5.75 Å². The Morgan fingerprint density at radius 1 is 1.05 bits per heavy atom. The molecule has 0 amide bonds. The predicted octanol–water partition coefficient (Wildman–Crippen LogP) is 3.51. The molecular weight excluding hydrogens is 250 g/mol. The third-order valence-corrected chi connectivity index (χ3v) is 3.23. The molecule has 4 nitrogen and oxygen atoms in total. The number of phenolic OH excluding ortho intramolecular Hbond substituents is 1. The molecule has 0 saturated heterocycles. The maximum atomic E-state index is 9.64. The largest absolute Gasteiger partial charge is 0.508 e. The molecule has 3 rings (SSSR count). The molecule has 4 heteroatoms. The molecule has 0 fully saturated rings. The Kier molecular flexibility index (Phi) is 3.21. The van der Waals surface area contributed by atoms with Crippen LogP contribution in [0.3, 0.4) is 0 Å². The average molecular weight is 265 g/mol. The first-order valence-electron chi connectivity index (χ1n) is 6.49. The number of anilines is 1. The second kappa shape index (κ2) is 5.17. The summed E-state index contributed by atoms with van der Waals surface area (Å²) in [5.74, 6) is 0.982. The molecule has 1 atom stereocenters. The normalized spacial score (nSPS) is 12.2. The summed E-state index contributed by atoms with van der Waals surface area (Å²) in [7, 11) is 0.